The van der Waals surface area contributed by atoms with E-state index in [1.165, 1.54) is 5.56 Å². The van der Waals surface area contributed by atoms with Gasteiger partial charge in [0.2, 0.25) is 5.89 Å². The number of benzene rings is 2. The largest absolute Gasteiger partial charge is 0.338 e. The maximum absolute atomic E-state index is 5.35. The molecule has 0 fully saturated rings. The first-order valence-corrected chi connectivity index (χ1v) is 10.3. The van der Waals surface area contributed by atoms with Crippen molar-refractivity contribution in [1.29, 1.82) is 0 Å². The van der Waals surface area contributed by atoms with Crippen LogP contribution in [0.25, 0.3) is 5.69 Å². The summed E-state index contributed by atoms with van der Waals surface area (Å²) in [6.45, 7) is 2.10. The first kappa shape index (κ1) is 18.4. The predicted molar refractivity (Wildman–Crippen MR) is 108 cm³/mol. The molecule has 142 valence electrons. The summed E-state index contributed by atoms with van der Waals surface area (Å²) >= 11 is 1.55. The second-order valence-corrected chi connectivity index (χ2v) is 7.32. The van der Waals surface area contributed by atoms with Gasteiger partial charge in [-0.15, -0.1) is 10.2 Å². The van der Waals surface area contributed by atoms with Crippen molar-refractivity contribution in [3.63, 3.8) is 0 Å². The molecular weight excluding hydrogens is 370 g/mol. The van der Waals surface area contributed by atoms with Gasteiger partial charge in [0.05, 0.1) is 5.75 Å². The Balaban J connectivity index is 1.59. The summed E-state index contributed by atoms with van der Waals surface area (Å²) in [4.78, 5) is 4.44. The normalized spacial score (nSPS) is 11.0. The zero-order valence-electron chi connectivity index (χ0n) is 15.7. The summed E-state index contributed by atoms with van der Waals surface area (Å²) in [6.07, 6.45) is 2.54. The van der Waals surface area contributed by atoms with Crippen LogP contribution in [0.4, 0.5) is 0 Å². The van der Waals surface area contributed by atoms with Crippen LogP contribution in [0.2, 0.25) is 0 Å². The monoisotopic (exact) mass is 391 g/mol. The summed E-state index contributed by atoms with van der Waals surface area (Å²) in [5.74, 6) is 2.83. The lowest BCUT2D eigenvalue weighted by Crippen LogP contribution is -2.03. The molecule has 0 bridgehead atoms. The van der Waals surface area contributed by atoms with Crippen molar-refractivity contribution in [3.8, 4) is 5.69 Å². The zero-order chi connectivity index (χ0) is 19.2. The Labute approximate surface area is 168 Å². The third-order valence-corrected chi connectivity index (χ3v) is 5.14. The second kappa shape index (κ2) is 8.84. The number of para-hydroxylation sites is 1. The van der Waals surface area contributed by atoms with Crippen LogP contribution in [-0.2, 0) is 18.6 Å². The van der Waals surface area contributed by atoms with Gasteiger partial charge in [0, 0.05) is 18.5 Å². The summed E-state index contributed by atoms with van der Waals surface area (Å²) in [6, 6.07) is 20.5. The highest BCUT2D eigenvalue weighted by Crippen LogP contribution is 2.26. The number of aryl methyl sites for hydroxylation is 1. The van der Waals surface area contributed by atoms with Crippen molar-refractivity contribution < 1.29 is 4.52 Å². The number of nitrogens with zero attached hydrogens (tertiary/aromatic N) is 5. The Bertz CT molecular complexity index is 1010. The van der Waals surface area contributed by atoms with Gasteiger partial charge < -0.3 is 4.52 Å². The van der Waals surface area contributed by atoms with E-state index in [-0.39, 0.29) is 0 Å². The van der Waals surface area contributed by atoms with Gasteiger partial charge >= 0.3 is 0 Å². The minimum atomic E-state index is 0.563. The van der Waals surface area contributed by atoms with E-state index in [0.29, 0.717) is 18.1 Å². The number of hydrogen-bond donors (Lipinski definition) is 0. The Morgan fingerprint density at radius 1 is 0.964 bits per heavy atom. The summed E-state index contributed by atoms with van der Waals surface area (Å²) in [5, 5.41) is 13.7. The molecule has 6 nitrogen and oxygen atoms in total. The molecule has 0 aliphatic carbocycles. The van der Waals surface area contributed by atoms with Gasteiger partial charge in [-0.3, -0.25) is 4.57 Å². The van der Waals surface area contributed by atoms with Crippen LogP contribution in [0.3, 0.4) is 0 Å². The number of rotatable bonds is 8. The third kappa shape index (κ3) is 4.31. The smallest absolute Gasteiger partial charge is 0.237 e. The van der Waals surface area contributed by atoms with Crippen LogP contribution in [0, 0.1) is 0 Å². The lowest BCUT2D eigenvalue weighted by molar-refractivity contribution is 0.384. The average molecular weight is 392 g/mol. The van der Waals surface area contributed by atoms with E-state index in [1.807, 2.05) is 36.4 Å². The molecule has 0 radical (unpaired) electrons. The maximum Gasteiger partial charge on any atom is 0.237 e. The molecule has 0 saturated heterocycles. The fraction of sp³-hybridized carbons (Fsp3) is 0.238. The molecule has 4 aromatic rings. The summed E-state index contributed by atoms with van der Waals surface area (Å²) in [7, 11) is 0. The quantitative estimate of drug-likeness (QED) is 0.412. The minimum Gasteiger partial charge on any atom is -0.338 e. The fourth-order valence-corrected chi connectivity index (χ4v) is 3.73. The van der Waals surface area contributed by atoms with Crippen molar-refractivity contribution in [2.45, 2.75) is 37.1 Å². The molecule has 7 heteroatoms. The molecule has 0 spiro atoms. The molecule has 0 saturated carbocycles. The number of aromatic nitrogens is 5. The summed E-state index contributed by atoms with van der Waals surface area (Å²) < 4.78 is 7.45. The molecule has 4 rings (SSSR count). The lowest BCUT2D eigenvalue weighted by atomic mass is 10.1. The lowest BCUT2D eigenvalue weighted by Gasteiger charge is -2.09. The maximum atomic E-state index is 5.35. The Kier molecular flexibility index (Phi) is 5.82. The van der Waals surface area contributed by atoms with E-state index < -0.39 is 0 Å². The molecule has 0 N–H and O–H groups in total. The number of hydrogen-bond acceptors (Lipinski definition) is 6. The van der Waals surface area contributed by atoms with Gasteiger partial charge in [-0.2, -0.15) is 4.98 Å². The van der Waals surface area contributed by atoms with Crippen molar-refractivity contribution >= 4 is 11.8 Å². The molecule has 0 unspecified atom stereocenters. The van der Waals surface area contributed by atoms with Crippen molar-refractivity contribution in [2.24, 2.45) is 0 Å². The molecule has 2 aromatic carbocycles. The topological polar surface area (TPSA) is 69.6 Å². The predicted octanol–water partition coefficient (Wildman–Crippen LogP) is 4.49. The van der Waals surface area contributed by atoms with Crippen LogP contribution < -0.4 is 0 Å². The number of thioether (sulfide) groups is 1. The van der Waals surface area contributed by atoms with E-state index in [4.69, 9.17) is 4.52 Å². The van der Waals surface area contributed by atoms with E-state index in [9.17, 15) is 0 Å². The van der Waals surface area contributed by atoms with Crippen LogP contribution in [0.15, 0.2) is 70.3 Å². The highest BCUT2D eigenvalue weighted by Gasteiger charge is 2.16. The SMILES string of the molecule is CCCc1noc(CSc2nnc(Cc3ccccc3)n2-c2ccccc2)n1. The van der Waals surface area contributed by atoms with Gasteiger partial charge in [-0.05, 0) is 24.1 Å². The van der Waals surface area contributed by atoms with Gasteiger partial charge in [-0.25, -0.2) is 0 Å². The molecule has 0 aliphatic rings. The van der Waals surface area contributed by atoms with E-state index >= 15 is 0 Å². The van der Waals surface area contributed by atoms with Gasteiger partial charge in [-0.1, -0.05) is 72.4 Å². The van der Waals surface area contributed by atoms with E-state index in [1.54, 1.807) is 11.8 Å². The molecule has 2 aromatic heterocycles. The standard InChI is InChI=1S/C21H21N5OS/c1-2-9-18-22-20(27-25-18)15-28-21-24-23-19(14-16-10-5-3-6-11-16)26(21)17-12-7-4-8-13-17/h3-8,10-13H,2,9,14-15H2,1H3. The highest BCUT2D eigenvalue weighted by molar-refractivity contribution is 7.98. The van der Waals surface area contributed by atoms with Gasteiger partial charge in [0.25, 0.3) is 0 Å². The van der Waals surface area contributed by atoms with Crippen LogP contribution in [0.1, 0.15) is 36.4 Å². The first-order valence-electron chi connectivity index (χ1n) is 9.31. The van der Waals surface area contributed by atoms with E-state index in [0.717, 1.165) is 35.3 Å². The Hall–Kier alpha value is -2.93. The second-order valence-electron chi connectivity index (χ2n) is 6.38. The minimum absolute atomic E-state index is 0.563. The Morgan fingerprint density at radius 2 is 1.71 bits per heavy atom. The summed E-state index contributed by atoms with van der Waals surface area (Å²) in [5.41, 5.74) is 2.24. The molecule has 0 aliphatic heterocycles. The highest BCUT2D eigenvalue weighted by atomic mass is 32.2. The molecular formula is C21H21N5OS. The molecule has 2 heterocycles. The molecule has 0 amide bonds. The van der Waals surface area contributed by atoms with Crippen LogP contribution in [-0.4, -0.2) is 24.9 Å². The van der Waals surface area contributed by atoms with Crippen molar-refractivity contribution in [3.05, 3.63) is 83.8 Å². The fourth-order valence-electron chi connectivity index (χ4n) is 2.92. The van der Waals surface area contributed by atoms with Crippen LogP contribution >= 0.6 is 11.8 Å². The van der Waals surface area contributed by atoms with Crippen molar-refractivity contribution in [2.75, 3.05) is 0 Å². The van der Waals surface area contributed by atoms with Crippen molar-refractivity contribution in [1.82, 2.24) is 24.9 Å². The molecule has 0 atom stereocenters. The third-order valence-electron chi connectivity index (χ3n) is 4.23. The van der Waals surface area contributed by atoms with Gasteiger partial charge in [0.15, 0.2) is 11.0 Å². The first-order chi connectivity index (χ1) is 13.8. The average Bonchev–Trinajstić information content (AvgIpc) is 3.35. The molecule has 28 heavy (non-hydrogen) atoms. The van der Waals surface area contributed by atoms with Crippen LogP contribution in [0.5, 0.6) is 0 Å². The van der Waals surface area contributed by atoms with E-state index in [2.05, 4.69) is 56.1 Å². The Morgan fingerprint density at radius 3 is 2.46 bits per heavy atom. The van der Waals surface area contributed by atoms with Gasteiger partial charge in [0.1, 0.15) is 5.82 Å². The zero-order valence-corrected chi connectivity index (χ0v) is 16.5.